The van der Waals surface area contributed by atoms with Crippen molar-refractivity contribution < 1.29 is 27.5 Å². The lowest BCUT2D eigenvalue weighted by Crippen LogP contribution is -2.37. The number of hydrogen-bond acceptors (Lipinski definition) is 3. The number of nitrogens with zero attached hydrogens (tertiary/aromatic N) is 1. The average molecular weight is 355 g/mol. The quantitative estimate of drug-likeness (QED) is 0.823. The van der Waals surface area contributed by atoms with Crippen molar-refractivity contribution >= 4 is 17.4 Å². The molecule has 1 aromatic rings. The summed E-state index contributed by atoms with van der Waals surface area (Å²) in [6, 6.07) is 6.53. The van der Waals surface area contributed by atoms with Gasteiger partial charge in [0.25, 0.3) is 0 Å². The van der Waals surface area contributed by atoms with Gasteiger partial charge in [-0.2, -0.15) is 13.2 Å². The summed E-state index contributed by atoms with van der Waals surface area (Å²) in [6.45, 7) is 0.171. The van der Waals surface area contributed by atoms with Gasteiger partial charge in [-0.3, -0.25) is 9.59 Å². The first-order valence-corrected chi connectivity index (χ1v) is 8.42. The predicted molar refractivity (Wildman–Crippen MR) is 85.5 cm³/mol. The van der Waals surface area contributed by atoms with E-state index < -0.39 is 24.6 Å². The maximum absolute atomic E-state index is 12.8. The third kappa shape index (κ3) is 3.96. The second-order valence-electron chi connectivity index (χ2n) is 6.73. The number of carbonyl (C=O) groups is 2. The zero-order valence-electron chi connectivity index (χ0n) is 13.8. The van der Waals surface area contributed by atoms with Crippen molar-refractivity contribution in [2.75, 3.05) is 18.1 Å². The van der Waals surface area contributed by atoms with Crippen LogP contribution in [0.15, 0.2) is 24.3 Å². The number of halogens is 3. The lowest BCUT2D eigenvalue weighted by Gasteiger charge is -2.30. The molecule has 2 fully saturated rings. The molecule has 0 atom stereocenters. The number of hydrogen-bond donors (Lipinski definition) is 0. The molecule has 1 heterocycles. The van der Waals surface area contributed by atoms with Crippen LogP contribution in [0, 0.1) is 5.41 Å². The Labute approximate surface area is 143 Å². The van der Waals surface area contributed by atoms with Crippen molar-refractivity contribution in [3.63, 3.8) is 0 Å². The molecule has 0 unspecified atom stereocenters. The number of anilines is 1. The van der Waals surface area contributed by atoms with Gasteiger partial charge in [0, 0.05) is 25.1 Å². The zero-order chi connectivity index (χ0) is 18.1. The number of ether oxygens (including phenoxy) is 1. The van der Waals surface area contributed by atoms with Crippen LogP contribution in [0.5, 0.6) is 5.75 Å². The highest BCUT2D eigenvalue weighted by atomic mass is 19.4. The highest BCUT2D eigenvalue weighted by molar-refractivity contribution is 6.01. The Hall–Kier alpha value is -2.05. The Bertz CT molecular complexity index is 645. The second-order valence-corrected chi connectivity index (χ2v) is 6.73. The fraction of sp³-hybridized carbons (Fsp3) is 0.556. The minimum absolute atomic E-state index is 0.0470. The first-order valence-electron chi connectivity index (χ1n) is 8.42. The molecule has 25 heavy (non-hydrogen) atoms. The minimum atomic E-state index is -4.24. The van der Waals surface area contributed by atoms with E-state index in [1.807, 2.05) is 0 Å². The Morgan fingerprint density at radius 1 is 1.04 bits per heavy atom. The molecule has 1 aliphatic carbocycles. The molecule has 1 saturated carbocycles. The summed E-state index contributed by atoms with van der Waals surface area (Å²) in [5.41, 5.74) is 0.289. The Morgan fingerprint density at radius 2 is 1.68 bits per heavy atom. The van der Waals surface area contributed by atoms with Crippen molar-refractivity contribution in [2.24, 2.45) is 5.41 Å². The van der Waals surface area contributed by atoms with Gasteiger partial charge in [0.05, 0.1) is 18.4 Å². The summed E-state index contributed by atoms with van der Waals surface area (Å²) >= 11 is 0. The van der Waals surface area contributed by atoms with Crippen molar-refractivity contribution in [3.8, 4) is 5.75 Å². The maximum atomic E-state index is 12.8. The van der Waals surface area contributed by atoms with Crippen molar-refractivity contribution in [1.82, 2.24) is 0 Å². The summed E-state index contributed by atoms with van der Waals surface area (Å²) in [5, 5.41) is 0. The molecule has 2 aliphatic rings. The first kappa shape index (κ1) is 17.8. The zero-order valence-corrected chi connectivity index (χ0v) is 13.8. The Morgan fingerprint density at radius 3 is 2.28 bits per heavy atom. The van der Waals surface area contributed by atoms with E-state index in [1.165, 1.54) is 0 Å². The van der Waals surface area contributed by atoms with Gasteiger partial charge >= 0.3 is 6.18 Å². The molecule has 0 bridgehead atoms. The molecular formula is C18H20F3NO3. The fourth-order valence-corrected chi connectivity index (χ4v) is 3.55. The van der Waals surface area contributed by atoms with E-state index >= 15 is 0 Å². The second kappa shape index (κ2) is 6.69. The molecule has 0 radical (unpaired) electrons. The van der Waals surface area contributed by atoms with Crippen molar-refractivity contribution in [1.29, 1.82) is 0 Å². The van der Waals surface area contributed by atoms with E-state index in [0.29, 0.717) is 43.7 Å². The molecule has 1 spiro atoms. The molecule has 1 aromatic carbocycles. The van der Waals surface area contributed by atoms with Gasteiger partial charge in [-0.25, -0.2) is 0 Å². The summed E-state index contributed by atoms with van der Waals surface area (Å²) < 4.78 is 41.5. The van der Waals surface area contributed by atoms with E-state index in [0.717, 1.165) is 6.42 Å². The molecule has 1 saturated heterocycles. The van der Waals surface area contributed by atoms with Crippen molar-refractivity contribution in [3.05, 3.63) is 24.3 Å². The Kier molecular flexibility index (Phi) is 4.75. The first-order chi connectivity index (χ1) is 11.8. The summed E-state index contributed by atoms with van der Waals surface area (Å²) in [5.74, 6) is 0.612. The number of Topliss-reactive ketones (excluding diaryl/α,β-unsaturated/α-hetero) is 1. The summed E-state index contributed by atoms with van der Waals surface area (Å²) in [4.78, 5) is 26.0. The van der Waals surface area contributed by atoms with Crippen LogP contribution in [0.1, 0.15) is 38.5 Å². The van der Waals surface area contributed by atoms with Crippen LogP contribution < -0.4 is 9.64 Å². The number of amides is 1. The molecule has 3 rings (SSSR count). The number of carbonyl (C=O) groups excluding carboxylic acids is 2. The van der Waals surface area contributed by atoms with Gasteiger partial charge in [0.15, 0.2) is 0 Å². The van der Waals surface area contributed by atoms with Crippen molar-refractivity contribution in [2.45, 2.75) is 44.7 Å². The SMILES string of the molecule is O=C1CCC2(CC1)CCN(c1ccc(OCCC(F)(F)F)cc1)C2=O. The van der Waals surface area contributed by atoms with Gasteiger partial charge in [-0.1, -0.05) is 0 Å². The summed E-state index contributed by atoms with van der Waals surface area (Å²) in [6.07, 6.45) is -2.35. The summed E-state index contributed by atoms with van der Waals surface area (Å²) in [7, 11) is 0. The highest BCUT2D eigenvalue weighted by Gasteiger charge is 2.48. The third-order valence-corrected chi connectivity index (χ3v) is 5.08. The number of ketones is 1. The van der Waals surface area contributed by atoms with Crippen LogP contribution in [0.3, 0.4) is 0 Å². The molecule has 1 amide bonds. The average Bonchev–Trinajstić information content (AvgIpc) is 2.87. The molecule has 1 aliphatic heterocycles. The monoisotopic (exact) mass is 355 g/mol. The molecule has 136 valence electrons. The number of benzene rings is 1. The lowest BCUT2D eigenvalue weighted by atomic mass is 9.72. The van der Waals surface area contributed by atoms with E-state index in [-0.39, 0.29) is 11.7 Å². The smallest absolute Gasteiger partial charge is 0.392 e. The maximum Gasteiger partial charge on any atom is 0.392 e. The van der Waals surface area contributed by atoms with E-state index in [2.05, 4.69) is 0 Å². The van der Waals surface area contributed by atoms with E-state index in [1.54, 1.807) is 29.2 Å². The van der Waals surface area contributed by atoms with Gasteiger partial charge in [-0.05, 0) is 43.5 Å². The van der Waals surface area contributed by atoms with Gasteiger partial charge in [-0.15, -0.1) is 0 Å². The molecule has 0 aromatic heterocycles. The van der Waals surface area contributed by atoms with Gasteiger partial charge in [0.1, 0.15) is 11.5 Å². The minimum Gasteiger partial charge on any atom is -0.493 e. The molecule has 4 nitrogen and oxygen atoms in total. The largest absolute Gasteiger partial charge is 0.493 e. The Balaban J connectivity index is 1.61. The standard InChI is InChI=1S/C18H20F3NO3/c19-18(20,21)10-12-25-15-3-1-13(2-4-15)22-11-9-17(16(22)24)7-5-14(23)6-8-17/h1-4H,5-12H2. The fourth-order valence-electron chi connectivity index (χ4n) is 3.55. The van der Waals surface area contributed by atoms with Crippen LogP contribution in [-0.2, 0) is 9.59 Å². The molecule has 7 heteroatoms. The van der Waals surface area contributed by atoms with Crippen LogP contribution in [0.4, 0.5) is 18.9 Å². The number of rotatable bonds is 4. The predicted octanol–water partition coefficient (Wildman–Crippen LogP) is 3.88. The van der Waals surface area contributed by atoms with Crippen LogP contribution in [0.25, 0.3) is 0 Å². The van der Waals surface area contributed by atoms with E-state index in [4.69, 9.17) is 4.74 Å². The van der Waals surface area contributed by atoms with Crippen LogP contribution in [-0.4, -0.2) is 31.0 Å². The number of alkyl halides is 3. The van der Waals surface area contributed by atoms with Crippen LogP contribution >= 0.6 is 0 Å². The third-order valence-electron chi connectivity index (χ3n) is 5.08. The van der Waals surface area contributed by atoms with Gasteiger partial charge < -0.3 is 9.64 Å². The highest BCUT2D eigenvalue weighted by Crippen LogP contribution is 2.45. The molecular weight excluding hydrogens is 335 g/mol. The lowest BCUT2D eigenvalue weighted by molar-refractivity contribution is -0.139. The van der Waals surface area contributed by atoms with Crippen LogP contribution in [0.2, 0.25) is 0 Å². The topological polar surface area (TPSA) is 46.6 Å². The normalized spacial score (nSPS) is 20.4. The molecule has 0 N–H and O–H groups in total. The van der Waals surface area contributed by atoms with E-state index in [9.17, 15) is 22.8 Å². The van der Waals surface area contributed by atoms with Gasteiger partial charge in [0.2, 0.25) is 5.91 Å².